The van der Waals surface area contributed by atoms with Crippen LogP contribution >= 0.6 is 11.6 Å². The average Bonchev–Trinajstić information content (AvgIpc) is 2.93. The lowest BCUT2D eigenvalue weighted by atomic mass is 10.0. The molecule has 0 aliphatic heterocycles. The molecule has 0 atom stereocenters. The third-order valence-electron chi connectivity index (χ3n) is 3.80. The maximum Gasteiger partial charge on any atom is 0.143 e. The fourth-order valence-corrected chi connectivity index (χ4v) is 2.96. The first kappa shape index (κ1) is 12.6. The minimum absolute atomic E-state index is 0.0828. The molecule has 0 radical (unpaired) electrons. The molecule has 1 aromatic heterocycles. The Morgan fingerprint density at radius 2 is 2.00 bits per heavy atom. The van der Waals surface area contributed by atoms with E-state index in [1.165, 1.54) is 18.9 Å². The summed E-state index contributed by atoms with van der Waals surface area (Å²) in [7, 11) is 0. The van der Waals surface area contributed by atoms with Crippen molar-refractivity contribution in [3.05, 3.63) is 34.7 Å². The van der Waals surface area contributed by atoms with E-state index in [9.17, 15) is 4.39 Å². The van der Waals surface area contributed by atoms with E-state index >= 15 is 0 Å². The molecule has 1 aromatic carbocycles. The van der Waals surface area contributed by atoms with Crippen LogP contribution in [0.4, 0.5) is 10.1 Å². The Balaban J connectivity index is 2.18. The zero-order valence-corrected chi connectivity index (χ0v) is 11.2. The number of halogens is 2. The molecule has 2 aromatic rings. The molecule has 0 amide bonds. The lowest BCUT2D eigenvalue weighted by Gasteiger charge is -2.13. The fourth-order valence-electron chi connectivity index (χ4n) is 2.79. The fraction of sp³-hybridized carbons (Fsp3) is 0.357. The Kier molecular flexibility index (Phi) is 3.29. The maximum atomic E-state index is 13.6. The van der Waals surface area contributed by atoms with E-state index in [1.54, 1.807) is 6.07 Å². The van der Waals surface area contributed by atoms with Crippen molar-refractivity contribution in [2.24, 2.45) is 5.84 Å². The minimum Gasteiger partial charge on any atom is -0.323 e. The summed E-state index contributed by atoms with van der Waals surface area (Å²) in [5, 5.41) is 0.829. The summed E-state index contributed by atoms with van der Waals surface area (Å²) in [6, 6.07) is 4.89. The Morgan fingerprint density at radius 3 is 2.68 bits per heavy atom. The Bertz CT molecular complexity index is 624. The van der Waals surface area contributed by atoms with Crippen LogP contribution in [0, 0.1) is 5.82 Å². The third kappa shape index (κ3) is 2.26. The van der Waals surface area contributed by atoms with Crippen LogP contribution in [-0.4, -0.2) is 4.98 Å². The van der Waals surface area contributed by atoms with Crippen LogP contribution < -0.4 is 11.3 Å². The van der Waals surface area contributed by atoms with E-state index < -0.39 is 5.82 Å². The Morgan fingerprint density at radius 1 is 1.26 bits per heavy atom. The summed E-state index contributed by atoms with van der Waals surface area (Å²) < 4.78 is 13.6. The molecule has 3 nitrogen and oxygen atoms in total. The molecule has 1 aliphatic carbocycles. The van der Waals surface area contributed by atoms with E-state index in [4.69, 9.17) is 17.4 Å². The summed E-state index contributed by atoms with van der Waals surface area (Å²) in [5.74, 6) is 5.56. The summed E-state index contributed by atoms with van der Waals surface area (Å²) in [4.78, 5) is 4.57. The van der Waals surface area contributed by atoms with Gasteiger partial charge in [-0.1, -0.05) is 24.4 Å². The van der Waals surface area contributed by atoms with Gasteiger partial charge in [0.1, 0.15) is 5.82 Å². The van der Waals surface area contributed by atoms with Crippen LogP contribution in [-0.2, 0) is 0 Å². The molecular weight excluding hydrogens is 265 g/mol. The highest BCUT2D eigenvalue weighted by Crippen LogP contribution is 2.36. The van der Waals surface area contributed by atoms with Crippen LogP contribution in [0.25, 0.3) is 10.9 Å². The molecule has 3 rings (SSSR count). The van der Waals surface area contributed by atoms with E-state index in [0.29, 0.717) is 11.4 Å². The molecule has 0 spiro atoms. The molecular formula is C14H15ClFN3. The number of fused-ring (bicyclic) bond motifs is 1. The first-order chi connectivity index (χ1) is 9.19. The zero-order valence-electron chi connectivity index (χ0n) is 10.4. The van der Waals surface area contributed by atoms with E-state index in [-0.39, 0.29) is 5.02 Å². The van der Waals surface area contributed by atoms with Crippen LogP contribution in [0.1, 0.15) is 37.3 Å². The van der Waals surface area contributed by atoms with Gasteiger partial charge in [0.2, 0.25) is 0 Å². The molecule has 100 valence electrons. The number of nitrogens with two attached hydrogens (primary N) is 1. The Labute approximate surface area is 115 Å². The SMILES string of the molecule is NNc1cc(C2CCCC2)nc2cc(F)c(Cl)cc12. The van der Waals surface area contributed by atoms with Gasteiger partial charge < -0.3 is 5.43 Å². The molecule has 1 aliphatic rings. The van der Waals surface area contributed by atoms with Gasteiger partial charge >= 0.3 is 0 Å². The quantitative estimate of drug-likeness (QED) is 0.646. The molecule has 0 bridgehead atoms. The Hall–Kier alpha value is -1.39. The topological polar surface area (TPSA) is 50.9 Å². The van der Waals surface area contributed by atoms with E-state index in [2.05, 4.69) is 10.4 Å². The molecule has 3 N–H and O–H groups in total. The van der Waals surface area contributed by atoms with Gasteiger partial charge in [-0.3, -0.25) is 10.8 Å². The summed E-state index contributed by atoms with van der Waals surface area (Å²) in [5.41, 5.74) is 4.99. The number of nitrogens with zero attached hydrogens (tertiary/aromatic N) is 1. The maximum absolute atomic E-state index is 13.6. The zero-order chi connectivity index (χ0) is 13.4. The number of rotatable bonds is 2. The first-order valence-electron chi connectivity index (χ1n) is 6.45. The minimum atomic E-state index is -0.451. The third-order valence-corrected chi connectivity index (χ3v) is 4.09. The van der Waals surface area contributed by atoms with Gasteiger partial charge in [0.25, 0.3) is 0 Å². The molecule has 5 heteroatoms. The number of nitrogen functional groups attached to an aromatic ring is 1. The van der Waals surface area contributed by atoms with Crippen molar-refractivity contribution in [2.45, 2.75) is 31.6 Å². The predicted molar refractivity (Wildman–Crippen MR) is 75.7 cm³/mol. The van der Waals surface area contributed by atoms with Gasteiger partial charge in [-0.05, 0) is 25.0 Å². The van der Waals surface area contributed by atoms with Crippen LogP contribution in [0.2, 0.25) is 5.02 Å². The highest BCUT2D eigenvalue weighted by Gasteiger charge is 2.20. The standard InChI is InChI=1S/C14H15ClFN3/c15-10-5-9-13(6-11(10)16)18-12(7-14(9)19-17)8-3-1-2-4-8/h5-8H,1-4,17H2,(H,18,19). The normalized spacial score (nSPS) is 16.2. The number of aromatic nitrogens is 1. The van der Waals surface area contributed by atoms with Crippen molar-refractivity contribution < 1.29 is 4.39 Å². The molecule has 1 heterocycles. The lowest BCUT2D eigenvalue weighted by Crippen LogP contribution is -2.09. The van der Waals surface area contributed by atoms with Crippen molar-refractivity contribution >= 4 is 28.2 Å². The van der Waals surface area contributed by atoms with Crippen molar-refractivity contribution in [1.29, 1.82) is 0 Å². The second-order valence-electron chi connectivity index (χ2n) is 5.00. The van der Waals surface area contributed by atoms with Gasteiger partial charge in [-0.2, -0.15) is 0 Å². The van der Waals surface area contributed by atoms with Gasteiger partial charge in [0.05, 0.1) is 16.2 Å². The highest BCUT2D eigenvalue weighted by molar-refractivity contribution is 6.31. The predicted octanol–water partition coefficient (Wildman–Crippen LogP) is 3.97. The van der Waals surface area contributed by atoms with Crippen molar-refractivity contribution in [3.63, 3.8) is 0 Å². The number of hydrazine groups is 1. The van der Waals surface area contributed by atoms with E-state index in [1.807, 2.05) is 6.07 Å². The summed E-state index contributed by atoms with van der Waals surface area (Å²) >= 11 is 5.81. The van der Waals surface area contributed by atoms with Crippen molar-refractivity contribution in [3.8, 4) is 0 Å². The van der Waals surface area contributed by atoms with Crippen molar-refractivity contribution in [1.82, 2.24) is 4.98 Å². The molecule has 0 saturated heterocycles. The van der Waals surface area contributed by atoms with Crippen LogP contribution in [0.15, 0.2) is 18.2 Å². The smallest absolute Gasteiger partial charge is 0.143 e. The summed E-state index contributed by atoms with van der Waals surface area (Å²) in [6.07, 6.45) is 4.73. The first-order valence-corrected chi connectivity index (χ1v) is 6.83. The largest absolute Gasteiger partial charge is 0.323 e. The van der Waals surface area contributed by atoms with Gasteiger partial charge in [0.15, 0.2) is 0 Å². The molecule has 19 heavy (non-hydrogen) atoms. The highest BCUT2D eigenvalue weighted by atomic mass is 35.5. The average molecular weight is 280 g/mol. The van der Waals surface area contributed by atoms with Gasteiger partial charge in [0, 0.05) is 23.1 Å². The second kappa shape index (κ2) is 4.94. The molecule has 1 fully saturated rings. The number of benzene rings is 1. The van der Waals surface area contributed by atoms with Gasteiger partial charge in [-0.25, -0.2) is 4.39 Å². The number of hydrogen-bond acceptors (Lipinski definition) is 3. The van der Waals surface area contributed by atoms with Crippen LogP contribution in [0.5, 0.6) is 0 Å². The van der Waals surface area contributed by atoms with E-state index in [0.717, 1.165) is 29.6 Å². The molecule has 0 unspecified atom stereocenters. The number of pyridine rings is 1. The second-order valence-corrected chi connectivity index (χ2v) is 5.41. The molecule has 1 saturated carbocycles. The van der Waals surface area contributed by atoms with Crippen LogP contribution in [0.3, 0.4) is 0 Å². The monoisotopic (exact) mass is 279 g/mol. The number of anilines is 1. The summed E-state index contributed by atoms with van der Waals surface area (Å²) in [6.45, 7) is 0. The number of hydrogen-bond donors (Lipinski definition) is 2. The lowest BCUT2D eigenvalue weighted by molar-refractivity contribution is 0.629. The van der Waals surface area contributed by atoms with Gasteiger partial charge in [-0.15, -0.1) is 0 Å². The van der Waals surface area contributed by atoms with Crippen molar-refractivity contribution in [2.75, 3.05) is 5.43 Å². The number of nitrogens with one attached hydrogen (secondary N) is 1.